The topological polar surface area (TPSA) is 47.6 Å². The number of ether oxygens (including phenoxy) is 2. The Morgan fingerprint density at radius 3 is 2.33 bits per heavy atom. The van der Waals surface area contributed by atoms with Gasteiger partial charge in [0.15, 0.2) is 0 Å². The van der Waals surface area contributed by atoms with Crippen LogP contribution < -0.4 is 10.1 Å². The van der Waals surface area contributed by atoms with Crippen LogP contribution in [-0.4, -0.2) is 24.8 Å². The predicted molar refractivity (Wildman–Crippen MR) is 94.2 cm³/mol. The molecule has 1 aromatic carbocycles. The zero-order chi connectivity index (χ0) is 17.4. The predicted octanol–water partition coefficient (Wildman–Crippen LogP) is 4.32. The zero-order valence-corrected chi connectivity index (χ0v) is 15.2. The molecule has 3 rings (SSSR count). The van der Waals surface area contributed by atoms with E-state index in [0.29, 0.717) is 11.5 Å². The molecular weight excluding hydrogens is 302 g/mol. The summed E-state index contributed by atoms with van der Waals surface area (Å²) in [5.41, 5.74) is 1.45. The lowest BCUT2D eigenvalue weighted by molar-refractivity contribution is -0.0505. The minimum Gasteiger partial charge on any atom is -0.497 e. The molecule has 1 amide bonds. The summed E-state index contributed by atoms with van der Waals surface area (Å²) >= 11 is 0. The number of carbonyl (C=O) groups is 1. The maximum Gasteiger partial charge on any atom is 0.407 e. The van der Waals surface area contributed by atoms with E-state index in [1.54, 1.807) is 7.11 Å². The molecule has 24 heavy (non-hydrogen) atoms. The first-order valence-corrected chi connectivity index (χ1v) is 8.89. The molecule has 0 aromatic heterocycles. The maximum absolute atomic E-state index is 11.8. The highest BCUT2D eigenvalue weighted by molar-refractivity contribution is 5.68. The van der Waals surface area contributed by atoms with Crippen LogP contribution in [0.4, 0.5) is 4.79 Å². The molecular formula is C20H29NO3. The van der Waals surface area contributed by atoms with Gasteiger partial charge < -0.3 is 14.8 Å². The third-order valence-electron chi connectivity index (χ3n) is 5.21. The van der Waals surface area contributed by atoms with E-state index in [-0.39, 0.29) is 6.09 Å². The summed E-state index contributed by atoms with van der Waals surface area (Å²) < 4.78 is 10.5. The molecule has 0 radical (unpaired) electrons. The van der Waals surface area contributed by atoms with E-state index in [4.69, 9.17) is 9.47 Å². The summed E-state index contributed by atoms with van der Waals surface area (Å²) in [5.74, 6) is 1.69. The number of amides is 1. The number of hydrogen-bond donors (Lipinski definition) is 1. The van der Waals surface area contributed by atoms with Gasteiger partial charge in [0, 0.05) is 6.04 Å². The molecule has 0 heterocycles. The number of methoxy groups -OCH3 is 1. The van der Waals surface area contributed by atoms with Crippen molar-refractivity contribution in [3.63, 3.8) is 0 Å². The van der Waals surface area contributed by atoms with Gasteiger partial charge in [-0.25, -0.2) is 4.79 Å². The Hall–Kier alpha value is -1.71. The van der Waals surface area contributed by atoms with Crippen LogP contribution >= 0.6 is 0 Å². The van der Waals surface area contributed by atoms with Gasteiger partial charge in [-0.2, -0.15) is 0 Å². The van der Waals surface area contributed by atoms with Crippen molar-refractivity contribution in [2.24, 2.45) is 11.3 Å². The Balaban J connectivity index is 1.38. The second kappa shape index (κ2) is 6.30. The Morgan fingerprint density at radius 2 is 1.79 bits per heavy atom. The molecule has 2 saturated carbocycles. The van der Waals surface area contributed by atoms with E-state index in [0.717, 1.165) is 30.9 Å². The quantitative estimate of drug-likeness (QED) is 0.894. The summed E-state index contributed by atoms with van der Waals surface area (Å²) in [5, 5.41) is 3.00. The van der Waals surface area contributed by atoms with Gasteiger partial charge >= 0.3 is 6.09 Å². The van der Waals surface area contributed by atoms with Gasteiger partial charge in [-0.15, -0.1) is 0 Å². The molecule has 1 spiro atoms. The van der Waals surface area contributed by atoms with Crippen LogP contribution in [0, 0.1) is 11.3 Å². The standard InChI is InChI=1S/C20H29NO3/c1-19(2,3)24-18(22)21-16-12-20(13-16)10-15(11-20)9-14-5-7-17(23-4)8-6-14/h5-8,15-16H,9-13H2,1-4H3,(H,21,22). The molecule has 1 aromatic rings. The highest BCUT2D eigenvalue weighted by Crippen LogP contribution is 2.59. The minimum absolute atomic E-state index is 0.281. The lowest BCUT2D eigenvalue weighted by Crippen LogP contribution is -2.56. The van der Waals surface area contributed by atoms with E-state index in [2.05, 4.69) is 17.4 Å². The minimum atomic E-state index is -0.425. The molecule has 2 aliphatic rings. The van der Waals surface area contributed by atoms with Crippen molar-refractivity contribution in [1.29, 1.82) is 0 Å². The van der Waals surface area contributed by atoms with Crippen molar-refractivity contribution >= 4 is 6.09 Å². The van der Waals surface area contributed by atoms with Gasteiger partial charge in [0.05, 0.1) is 7.11 Å². The van der Waals surface area contributed by atoms with Crippen molar-refractivity contribution in [2.45, 2.75) is 64.5 Å². The lowest BCUT2D eigenvalue weighted by Gasteiger charge is -2.58. The number of rotatable bonds is 4. The molecule has 0 saturated heterocycles. The smallest absolute Gasteiger partial charge is 0.407 e. The second-order valence-corrected chi connectivity index (χ2v) is 8.58. The van der Waals surface area contributed by atoms with E-state index < -0.39 is 5.60 Å². The average Bonchev–Trinajstić information content (AvgIpc) is 2.41. The van der Waals surface area contributed by atoms with Gasteiger partial charge in [-0.1, -0.05) is 12.1 Å². The van der Waals surface area contributed by atoms with Crippen LogP contribution in [0.3, 0.4) is 0 Å². The molecule has 2 fully saturated rings. The molecule has 132 valence electrons. The number of nitrogens with one attached hydrogen (secondary N) is 1. The fraction of sp³-hybridized carbons (Fsp3) is 0.650. The van der Waals surface area contributed by atoms with Crippen molar-refractivity contribution in [3.8, 4) is 5.75 Å². The molecule has 1 N–H and O–H groups in total. The van der Waals surface area contributed by atoms with E-state index >= 15 is 0 Å². The summed E-state index contributed by atoms with van der Waals surface area (Å²) in [6, 6.07) is 8.69. The largest absolute Gasteiger partial charge is 0.497 e. The van der Waals surface area contributed by atoms with Gasteiger partial charge in [0.25, 0.3) is 0 Å². The van der Waals surface area contributed by atoms with Crippen LogP contribution in [0.2, 0.25) is 0 Å². The SMILES string of the molecule is COc1ccc(CC2CC3(C2)CC(NC(=O)OC(C)(C)C)C3)cc1. The Labute approximate surface area is 144 Å². The molecule has 0 aliphatic heterocycles. The number of hydrogen-bond acceptors (Lipinski definition) is 3. The van der Waals surface area contributed by atoms with E-state index in [1.165, 1.54) is 18.4 Å². The first kappa shape index (κ1) is 17.1. The molecule has 0 bridgehead atoms. The van der Waals surface area contributed by atoms with Crippen LogP contribution in [0.15, 0.2) is 24.3 Å². The maximum atomic E-state index is 11.8. The highest BCUT2D eigenvalue weighted by Gasteiger charge is 2.52. The summed E-state index contributed by atoms with van der Waals surface area (Å²) in [7, 11) is 1.70. The van der Waals surface area contributed by atoms with E-state index in [9.17, 15) is 4.79 Å². The van der Waals surface area contributed by atoms with Crippen LogP contribution in [0.5, 0.6) is 5.75 Å². The molecule has 4 heteroatoms. The van der Waals surface area contributed by atoms with Gasteiger partial charge in [-0.3, -0.25) is 0 Å². The van der Waals surface area contributed by atoms with Gasteiger partial charge in [0.2, 0.25) is 0 Å². The van der Waals surface area contributed by atoms with Crippen molar-refractivity contribution in [2.75, 3.05) is 7.11 Å². The average molecular weight is 331 g/mol. The Kier molecular flexibility index (Phi) is 4.50. The molecule has 0 unspecified atom stereocenters. The van der Waals surface area contributed by atoms with Crippen molar-refractivity contribution in [1.82, 2.24) is 5.32 Å². The molecule has 0 atom stereocenters. The summed E-state index contributed by atoms with van der Waals surface area (Å²) in [6.45, 7) is 5.68. The third-order valence-corrected chi connectivity index (χ3v) is 5.21. The van der Waals surface area contributed by atoms with Crippen LogP contribution in [0.25, 0.3) is 0 Å². The normalized spacial score (nSPS) is 28.7. The summed E-state index contributed by atoms with van der Waals surface area (Å²) in [4.78, 5) is 11.8. The van der Waals surface area contributed by atoms with Crippen LogP contribution in [-0.2, 0) is 11.2 Å². The molecule has 2 aliphatic carbocycles. The lowest BCUT2D eigenvalue weighted by atomic mass is 9.49. The van der Waals surface area contributed by atoms with Crippen molar-refractivity contribution in [3.05, 3.63) is 29.8 Å². The zero-order valence-electron chi connectivity index (χ0n) is 15.2. The van der Waals surface area contributed by atoms with Crippen molar-refractivity contribution < 1.29 is 14.3 Å². The van der Waals surface area contributed by atoms with Gasteiger partial charge in [0.1, 0.15) is 11.4 Å². The fourth-order valence-electron chi connectivity index (χ4n) is 4.30. The highest BCUT2D eigenvalue weighted by atomic mass is 16.6. The first-order chi connectivity index (χ1) is 11.3. The fourth-order valence-corrected chi connectivity index (χ4v) is 4.30. The Morgan fingerprint density at radius 1 is 1.17 bits per heavy atom. The van der Waals surface area contributed by atoms with E-state index in [1.807, 2.05) is 32.9 Å². The number of carbonyl (C=O) groups excluding carboxylic acids is 1. The van der Waals surface area contributed by atoms with Gasteiger partial charge in [-0.05, 0) is 81.9 Å². The monoisotopic (exact) mass is 331 g/mol. The number of benzene rings is 1. The summed E-state index contributed by atoms with van der Waals surface area (Å²) in [6.07, 6.45) is 5.64. The second-order valence-electron chi connectivity index (χ2n) is 8.58. The Bertz CT molecular complexity index is 574. The third kappa shape index (κ3) is 4.03. The van der Waals surface area contributed by atoms with Crippen LogP contribution in [0.1, 0.15) is 52.0 Å². The first-order valence-electron chi connectivity index (χ1n) is 8.89. The number of alkyl carbamates (subject to hydrolysis) is 1. The molecule has 4 nitrogen and oxygen atoms in total.